The number of piperazine rings is 1. The summed E-state index contributed by atoms with van der Waals surface area (Å²) in [5.41, 5.74) is 0.480. The van der Waals surface area contributed by atoms with E-state index in [4.69, 9.17) is 4.74 Å². The van der Waals surface area contributed by atoms with Crippen LogP contribution in [0.4, 0.5) is 23.2 Å². The Bertz CT molecular complexity index is 736. The molecule has 1 aromatic heterocycles. The van der Waals surface area contributed by atoms with Crippen LogP contribution in [0.5, 0.6) is 5.75 Å². The molecule has 0 saturated carbocycles. The number of rotatable bonds is 5. The van der Waals surface area contributed by atoms with Crippen molar-refractivity contribution in [2.24, 2.45) is 0 Å². The third kappa shape index (κ3) is 3.90. The SMILES string of the molecule is COc1ccc(CCN2CCN(c3c(F)c(F)nc(F)c3F)CC2)cc1. The van der Waals surface area contributed by atoms with E-state index in [-0.39, 0.29) is 13.1 Å². The monoisotopic (exact) mass is 369 g/mol. The predicted octanol–water partition coefficient (Wildman–Crippen LogP) is 3.01. The standard InChI is InChI=1S/C18H19F4N3O/c1-26-13-4-2-12(3-5-13)6-7-24-8-10-25(11-9-24)16-14(19)17(21)23-18(22)15(16)20/h2-5H,6-11H2,1H3. The van der Waals surface area contributed by atoms with Crippen LogP contribution >= 0.6 is 0 Å². The van der Waals surface area contributed by atoms with Crippen LogP contribution in [0.3, 0.4) is 0 Å². The normalized spacial score (nSPS) is 15.3. The van der Waals surface area contributed by atoms with Gasteiger partial charge in [0.2, 0.25) is 11.6 Å². The van der Waals surface area contributed by atoms with Crippen molar-refractivity contribution in [3.63, 3.8) is 0 Å². The largest absolute Gasteiger partial charge is 0.497 e. The van der Waals surface area contributed by atoms with Crippen molar-refractivity contribution in [2.75, 3.05) is 44.7 Å². The second-order valence-corrected chi connectivity index (χ2v) is 6.10. The van der Waals surface area contributed by atoms with E-state index in [0.29, 0.717) is 13.1 Å². The van der Waals surface area contributed by atoms with Gasteiger partial charge >= 0.3 is 0 Å². The van der Waals surface area contributed by atoms with Gasteiger partial charge in [-0.15, -0.1) is 0 Å². The van der Waals surface area contributed by atoms with Crippen LogP contribution in [0.25, 0.3) is 0 Å². The lowest BCUT2D eigenvalue weighted by Crippen LogP contribution is -2.47. The van der Waals surface area contributed by atoms with Crippen LogP contribution in [0.1, 0.15) is 5.56 Å². The summed E-state index contributed by atoms with van der Waals surface area (Å²) in [6, 6.07) is 7.77. The topological polar surface area (TPSA) is 28.6 Å². The first-order valence-corrected chi connectivity index (χ1v) is 8.30. The summed E-state index contributed by atoms with van der Waals surface area (Å²) >= 11 is 0. The number of nitrogens with zero attached hydrogens (tertiary/aromatic N) is 3. The fourth-order valence-corrected chi connectivity index (χ4v) is 3.03. The van der Waals surface area contributed by atoms with Gasteiger partial charge in [0.15, 0.2) is 0 Å². The number of anilines is 1. The molecule has 0 bridgehead atoms. The zero-order valence-electron chi connectivity index (χ0n) is 14.3. The van der Waals surface area contributed by atoms with E-state index < -0.39 is 29.2 Å². The molecule has 1 fully saturated rings. The summed E-state index contributed by atoms with van der Waals surface area (Å²) in [7, 11) is 1.61. The molecule has 4 nitrogen and oxygen atoms in total. The van der Waals surface area contributed by atoms with Gasteiger partial charge in [0, 0.05) is 32.7 Å². The van der Waals surface area contributed by atoms with E-state index in [0.717, 1.165) is 24.3 Å². The molecule has 3 rings (SSSR count). The number of methoxy groups -OCH3 is 1. The molecule has 1 aliphatic rings. The minimum Gasteiger partial charge on any atom is -0.497 e. The number of hydrogen-bond donors (Lipinski definition) is 0. The van der Waals surface area contributed by atoms with Gasteiger partial charge in [0.25, 0.3) is 11.9 Å². The molecule has 0 unspecified atom stereocenters. The Kier molecular flexibility index (Phi) is 5.61. The molecule has 1 saturated heterocycles. The Morgan fingerprint density at radius 1 is 0.923 bits per heavy atom. The molecule has 0 radical (unpaired) electrons. The molecule has 26 heavy (non-hydrogen) atoms. The van der Waals surface area contributed by atoms with E-state index in [9.17, 15) is 17.6 Å². The van der Waals surface area contributed by atoms with Gasteiger partial charge in [0.05, 0.1) is 7.11 Å². The van der Waals surface area contributed by atoms with Crippen LogP contribution in [0, 0.1) is 23.5 Å². The summed E-state index contributed by atoms with van der Waals surface area (Å²) in [6.45, 7) is 2.42. The maximum atomic E-state index is 13.8. The fourth-order valence-electron chi connectivity index (χ4n) is 3.03. The molecular formula is C18H19F4N3O. The van der Waals surface area contributed by atoms with Crippen LogP contribution in [-0.4, -0.2) is 49.7 Å². The first-order chi connectivity index (χ1) is 12.5. The van der Waals surface area contributed by atoms with Crippen molar-refractivity contribution >= 4 is 5.69 Å². The Morgan fingerprint density at radius 3 is 2.04 bits per heavy atom. The highest BCUT2D eigenvalue weighted by Crippen LogP contribution is 2.27. The van der Waals surface area contributed by atoms with Crippen molar-refractivity contribution in [3.8, 4) is 5.75 Å². The van der Waals surface area contributed by atoms with E-state index in [1.807, 2.05) is 24.3 Å². The number of benzene rings is 1. The van der Waals surface area contributed by atoms with Crippen molar-refractivity contribution in [2.45, 2.75) is 6.42 Å². The van der Waals surface area contributed by atoms with Gasteiger partial charge in [-0.25, -0.2) is 0 Å². The molecule has 1 aliphatic heterocycles. The number of pyridine rings is 1. The Morgan fingerprint density at radius 2 is 1.50 bits per heavy atom. The Balaban J connectivity index is 1.58. The summed E-state index contributed by atoms with van der Waals surface area (Å²) in [6.07, 6.45) is 0.825. The molecule has 0 amide bonds. The highest BCUT2D eigenvalue weighted by atomic mass is 19.2. The smallest absolute Gasteiger partial charge is 0.253 e. The average molecular weight is 369 g/mol. The minimum absolute atomic E-state index is 0.277. The van der Waals surface area contributed by atoms with Gasteiger partial charge in [-0.1, -0.05) is 12.1 Å². The lowest BCUT2D eigenvalue weighted by atomic mass is 10.1. The quantitative estimate of drug-likeness (QED) is 0.599. The van der Waals surface area contributed by atoms with Crippen molar-refractivity contribution < 1.29 is 22.3 Å². The summed E-state index contributed by atoms with van der Waals surface area (Å²) in [5, 5.41) is 0. The molecule has 0 aliphatic carbocycles. The lowest BCUT2D eigenvalue weighted by Gasteiger charge is -2.36. The van der Waals surface area contributed by atoms with Crippen LogP contribution in [-0.2, 0) is 6.42 Å². The van der Waals surface area contributed by atoms with Crippen LogP contribution < -0.4 is 9.64 Å². The molecular weight excluding hydrogens is 350 g/mol. The van der Waals surface area contributed by atoms with E-state index >= 15 is 0 Å². The predicted molar refractivity (Wildman–Crippen MR) is 89.4 cm³/mol. The highest BCUT2D eigenvalue weighted by Gasteiger charge is 2.27. The second kappa shape index (κ2) is 7.90. The molecule has 140 valence electrons. The Labute approximate surface area is 149 Å². The summed E-state index contributed by atoms with van der Waals surface area (Å²) in [4.78, 5) is 6.05. The molecule has 2 aromatic rings. The number of aromatic nitrogens is 1. The molecule has 0 N–H and O–H groups in total. The molecule has 1 aromatic carbocycles. The van der Waals surface area contributed by atoms with Gasteiger partial charge in [-0.2, -0.15) is 22.5 Å². The third-order valence-corrected chi connectivity index (χ3v) is 4.54. The molecule has 8 heteroatoms. The van der Waals surface area contributed by atoms with Crippen molar-refractivity contribution in [1.82, 2.24) is 9.88 Å². The fraction of sp³-hybridized carbons (Fsp3) is 0.389. The summed E-state index contributed by atoms with van der Waals surface area (Å²) < 4.78 is 59.4. The van der Waals surface area contributed by atoms with Crippen molar-refractivity contribution in [3.05, 3.63) is 53.4 Å². The minimum atomic E-state index is -1.62. The number of halogens is 4. The van der Waals surface area contributed by atoms with E-state index in [1.54, 1.807) is 7.11 Å². The van der Waals surface area contributed by atoms with E-state index in [2.05, 4.69) is 9.88 Å². The maximum absolute atomic E-state index is 13.8. The van der Waals surface area contributed by atoms with Gasteiger partial charge in [-0.05, 0) is 24.1 Å². The van der Waals surface area contributed by atoms with E-state index in [1.165, 1.54) is 4.90 Å². The zero-order valence-corrected chi connectivity index (χ0v) is 14.3. The number of ether oxygens (including phenoxy) is 1. The summed E-state index contributed by atoms with van der Waals surface area (Å²) in [5.74, 6) is -5.35. The Hall–Kier alpha value is -2.35. The first kappa shape index (κ1) is 18.4. The average Bonchev–Trinajstić information content (AvgIpc) is 2.66. The number of hydrogen-bond acceptors (Lipinski definition) is 4. The lowest BCUT2D eigenvalue weighted by molar-refractivity contribution is 0.258. The molecule has 2 heterocycles. The second-order valence-electron chi connectivity index (χ2n) is 6.10. The van der Waals surface area contributed by atoms with Crippen molar-refractivity contribution in [1.29, 1.82) is 0 Å². The van der Waals surface area contributed by atoms with Gasteiger partial charge in [0.1, 0.15) is 11.4 Å². The maximum Gasteiger partial charge on any atom is 0.253 e. The molecule has 0 atom stereocenters. The molecule has 0 spiro atoms. The van der Waals surface area contributed by atoms with Crippen LogP contribution in [0.15, 0.2) is 24.3 Å². The van der Waals surface area contributed by atoms with Gasteiger partial charge < -0.3 is 9.64 Å². The highest BCUT2D eigenvalue weighted by molar-refractivity contribution is 5.49. The third-order valence-electron chi connectivity index (χ3n) is 4.54. The van der Waals surface area contributed by atoms with Crippen LogP contribution in [0.2, 0.25) is 0 Å². The first-order valence-electron chi connectivity index (χ1n) is 8.30. The van der Waals surface area contributed by atoms with Gasteiger partial charge in [-0.3, -0.25) is 4.90 Å². The zero-order chi connectivity index (χ0) is 18.7.